The maximum absolute atomic E-state index is 14.9. The Kier molecular flexibility index (Phi) is 6.04. The monoisotopic (exact) mass is 507 g/mol. The summed E-state index contributed by atoms with van der Waals surface area (Å²) in [6.07, 6.45) is 5.68. The van der Waals surface area contributed by atoms with Crippen LogP contribution in [0.15, 0.2) is 30.6 Å². The largest absolute Gasteiger partial charge is 0.366 e. The van der Waals surface area contributed by atoms with Crippen LogP contribution in [0.4, 0.5) is 14.7 Å². The van der Waals surface area contributed by atoms with E-state index >= 15 is 0 Å². The number of morpholine rings is 1. The number of rotatable bonds is 6. The first-order chi connectivity index (χ1) is 17.9. The van der Waals surface area contributed by atoms with E-state index in [9.17, 15) is 8.78 Å². The Balaban J connectivity index is 1.44. The molecule has 0 radical (unpaired) electrons. The minimum atomic E-state index is -0.716. The summed E-state index contributed by atoms with van der Waals surface area (Å²) in [6, 6.07) is 3.45. The van der Waals surface area contributed by atoms with Gasteiger partial charge < -0.3 is 14.4 Å². The van der Waals surface area contributed by atoms with Crippen LogP contribution >= 0.6 is 0 Å². The Hall–Kier alpha value is -3.57. The molecule has 0 spiro atoms. The Morgan fingerprint density at radius 3 is 2.62 bits per heavy atom. The number of methoxy groups -OCH3 is 1. The minimum absolute atomic E-state index is 0.000618. The van der Waals surface area contributed by atoms with E-state index in [1.165, 1.54) is 12.1 Å². The first-order valence-corrected chi connectivity index (χ1v) is 12.3. The van der Waals surface area contributed by atoms with Crippen LogP contribution in [0.2, 0.25) is 0 Å². The molecule has 2 unspecified atom stereocenters. The minimum Gasteiger partial charge on any atom is -0.366 e. The first-order valence-electron chi connectivity index (χ1n) is 12.3. The number of nitrogens with zero attached hydrogens (tertiary/aromatic N) is 7. The molecule has 4 aromatic rings. The summed E-state index contributed by atoms with van der Waals surface area (Å²) < 4.78 is 42.0. The van der Waals surface area contributed by atoms with E-state index < -0.39 is 11.6 Å². The van der Waals surface area contributed by atoms with Crippen LogP contribution in [0.5, 0.6) is 0 Å². The summed E-state index contributed by atoms with van der Waals surface area (Å²) in [6.45, 7) is 5.12. The Labute approximate surface area is 212 Å². The smallest absolute Gasteiger partial charge is 0.228 e. The van der Waals surface area contributed by atoms with Gasteiger partial charge in [-0.3, -0.25) is 0 Å². The van der Waals surface area contributed by atoms with Gasteiger partial charge in [0.05, 0.1) is 30.2 Å². The van der Waals surface area contributed by atoms with Crippen molar-refractivity contribution in [2.45, 2.75) is 45.6 Å². The summed E-state index contributed by atoms with van der Waals surface area (Å²) in [5, 5.41) is 4.37. The fourth-order valence-electron chi connectivity index (χ4n) is 4.72. The van der Waals surface area contributed by atoms with E-state index in [0.29, 0.717) is 48.5 Å². The standard InChI is InChI=1S/C26H27F2N7O2/c1-14-15(2)31-25-24(30-14)23(19-7-6-18(27)8-20(19)28)32-26(33-25)34-11-21(16-4-5-16)37-22(12-34)17-9-29-35(10-17)13-36-3/h6-10,16,21-22H,4-5,11-13H2,1-3H3. The highest BCUT2D eigenvalue weighted by Crippen LogP contribution is 2.40. The molecule has 0 N–H and O–H groups in total. The Morgan fingerprint density at radius 2 is 1.86 bits per heavy atom. The number of hydrogen-bond donors (Lipinski definition) is 0. The average molecular weight is 508 g/mol. The lowest BCUT2D eigenvalue weighted by Gasteiger charge is -2.38. The topological polar surface area (TPSA) is 91.1 Å². The zero-order valence-corrected chi connectivity index (χ0v) is 20.9. The lowest BCUT2D eigenvalue weighted by Crippen LogP contribution is -2.45. The van der Waals surface area contributed by atoms with Gasteiger partial charge in [0.15, 0.2) is 5.65 Å². The second-order valence-electron chi connectivity index (χ2n) is 9.70. The van der Waals surface area contributed by atoms with Gasteiger partial charge in [0, 0.05) is 37.0 Å². The van der Waals surface area contributed by atoms with Gasteiger partial charge in [0.2, 0.25) is 5.95 Å². The number of aryl methyl sites for hydroxylation is 2. The van der Waals surface area contributed by atoms with Crippen molar-refractivity contribution >= 4 is 17.1 Å². The number of hydrogen-bond acceptors (Lipinski definition) is 8. The van der Waals surface area contributed by atoms with E-state index in [2.05, 4.69) is 20.0 Å². The van der Waals surface area contributed by atoms with Gasteiger partial charge in [-0.05, 0) is 44.7 Å². The van der Waals surface area contributed by atoms with E-state index in [1.807, 2.05) is 20.0 Å². The van der Waals surface area contributed by atoms with Crippen LogP contribution in [0, 0.1) is 31.4 Å². The number of fused-ring (bicyclic) bond motifs is 1. The summed E-state index contributed by atoms with van der Waals surface area (Å²) in [4.78, 5) is 20.9. The van der Waals surface area contributed by atoms with Crippen molar-refractivity contribution in [3.63, 3.8) is 0 Å². The third kappa shape index (κ3) is 4.64. The van der Waals surface area contributed by atoms with Crippen LogP contribution in [0.25, 0.3) is 22.4 Å². The maximum Gasteiger partial charge on any atom is 0.228 e. The van der Waals surface area contributed by atoms with Gasteiger partial charge >= 0.3 is 0 Å². The highest BCUT2D eigenvalue weighted by Gasteiger charge is 2.40. The molecule has 0 bridgehead atoms. The van der Waals surface area contributed by atoms with Crippen LogP contribution in [0.3, 0.4) is 0 Å². The second-order valence-corrected chi connectivity index (χ2v) is 9.70. The fourth-order valence-corrected chi connectivity index (χ4v) is 4.72. The molecule has 9 nitrogen and oxygen atoms in total. The number of anilines is 1. The highest BCUT2D eigenvalue weighted by atomic mass is 19.1. The average Bonchev–Trinajstić information content (AvgIpc) is 3.63. The molecule has 2 aliphatic rings. The van der Waals surface area contributed by atoms with E-state index in [1.54, 1.807) is 18.0 Å². The normalized spacial score (nSPS) is 20.1. The van der Waals surface area contributed by atoms with E-state index in [0.717, 1.165) is 30.2 Å². The van der Waals surface area contributed by atoms with Crippen LogP contribution in [0.1, 0.15) is 35.9 Å². The summed E-state index contributed by atoms with van der Waals surface area (Å²) in [5.41, 5.74) is 3.53. The quantitative estimate of drug-likeness (QED) is 0.385. The molecule has 37 heavy (non-hydrogen) atoms. The second kappa shape index (κ2) is 9.38. The molecule has 1 aliphatic heterocycles. The summed E-state index contributed by atoms with van der Waals surface area (Å²) >= 11 is 0. The SMILES string of the molecule is COCn1cc(C2CN(c3nc(-c4ccc(F)cc4F)c4nc(C)c(C)nc4n3)CC(C3CC3)O2)cn1. The van der Waals surface area contributed by atoms with Crippen LogP contribution < -0.4 is 4.90 Å². The number of ether oxygens (including phenoxy) is 2. The van der Waals surface area contributed by atoms with Crippen LogP contribution in [-0.4, -0.2) is 56.0 Å². The molecule has 11 heteroatoms. The van der Waals surface area contributed by atoms with Gasteiger partial charge in [0.25, 0.3) is 0 Å². The molecule has 6 rings (SSSR count). The summed E-state index contributed by atoms with van der Waals surface area (Å²) in [5.74, 6) is -0.493. The molecular formula is C26H27F2N7O2. The predicted molar refractivity (Wildman–Crippen MR) is 132 cm³/mol. The van der Waals surface area contributed by atoms with Gasteiger partial charge in [-0.2, -0.15) is 10.1 Å². The zero-order valence-electron chi connectivity index (χ0n) is 20.9. The molecule has 192 valence electrons. The van der Waals surface area contributed by atoms with Crippen molar-refractivity contribution in [3.8, 4) is 11.3 Å². The maximum atomic E-state index is 14.9. The van der Waals surface area contributed by atoms with Crippen molar-refractivity contribution < 1.29 is 18.3 Å². The molecule has 4 heterocycles. The van der Waals surface area contributed by atoms with Gasteiger partial charge in [-0.1, -0.05) is 0 Å². The van der Waals surface area contributed by atoms with Gasteiger partial charge in [-0.15, -0.1) is 0 Å². The zero-order chi connectivity index (χ0) is 25.7. The highest BCUT2D eigenvalue weighted by molar-refractivity contribution is 5.88. The third-order valence-electron chi connectivity index (χ3n) is 6.96. The van der Waals surface area contributed by atoms with E-state index in [4.69, 9.17) is 19.4 Å². The van der Waals surface area contributed by atoms with Gasteiger partial charge in [-0.25, -0.2) is 28.4 Å². The fraction of sp³-hybridized carbons (Fsp3) is 0.423. The van der Waals surface area contributed by atoms with E-state index in [-0.39, 0.29) is 23.5 Å². The Bertz CT molecular complexity index is 1470. The predicted octanol–water partition coefficient (Wildman–Crippen LogP) is 4.14. The van der Waals surface area contributed by atoms with Crippen molar-refractivity contribution in [2.24, 2.45) is 5.92 Å². The van der Waals surface area contributed by atoms with Crippen molar-refractivity contribution in [1.82, 2.24) is 29.7 Å². The summed E-state index contributed by atoms with van der Waals surface area (Å²) in [7, 11) is 1.62. The number of halogens is 2. The van der Waals surface area contributed by atoms with Crippen LogP contribution in [-0.2, 0) is 16.2 Å². The third-order valence-corrected chi connectivity index (χ3v) is 6.96. The van der Waals surface area contributed by atoms with Crippen molar-refractivity contribution in [2.75, 3.05) is 25.1 Å². The van der Waals surface area contributed by atoms with Crippen molar-refractivity contribution in [3.05, 3.63) is 59.2 Å². The molecule has 2 fully saturated rings. The molecular weight excluding hydrogens is 480 g/mol. The molecule has 0 amide bonds. The van der Waals surface area contributed by atoms with Crippen molar-refractivity contribution in [1.29, 1.82) is 0 Å². The molecule has 1 aliphatic carbocycles. The molecule has 1 saturated heterocycles. The van der Waals surface area contributed by atoms with Gasteiger partial charge in [0.1, 0.15) is 35.7 Å². The Morgan fingerprint density at radius 1 is 1.05 bits per heavy atom. The molecule has 2 atom stereocenters. The molecule has 1 aromatic carbocycles. The number of aromatic nitrogens is 6. The number of benzene rings is 1. The lowest BCUT2D eigenvalue weighted by atomic mass is 10.1. The lowest BCUT2D eigenvalue weighted by molar-refractivity contribution is -0.0390. The molecule has 3 aromatic heterocycles. The first kappa shape index (κ1) is 23.8. The molecule has 1 saturated carbocycles.